The Hall–Kier alpha value is -3.30. The molecule has 182 valence electrons. The Bertz CT molecular complexity index is 701. The Balaban J connectivity index is 5.37. The molecule has 4 atom stereocenters. The second kappa shape index (κ2) is 14.7. The molecule has 0 aromatic heterocycles. The number of rotatable bonds is 16. The molecule has 0 aliphatic rings. The van der Waals surface area contributed by atoms with Crippen molar-refractivity contribution in [3.8, 4) is 0 Å². The van der Waals surface area contributed by atoms with Gasteiger partial charge in [0, 0.05) is 0 Å². The standard InChI is InChI=1S/C17H29N5O10/c18-4-2-1-3-8(19)14(28)20-9(5-12(24)25)15(29)21-10(6-13(26)27)16(30)22-11(7-23)17(31)32/h8-11,23H,1-7,18-19H2,(H,20,28)(H,21,29)(H,22,30)(H,24,25)(H,26,27)(H,31,32). The molecular weight excluding hydrogens is 434 g/mol. The van der Waals surface area contributed by atoms with E-state index in [1.54, 1.807) is 0 Å². The van der Waals surface area contributed by atoms with Crippen molar-refractivity contribution in [1.82, 2.24) is 16.0 Å². The summed E-state index contributed by atoms with van der Waals surface area (Å²) in [7, 11) is 0. The summed E-state index contributed by atoms with van der Waals surface area (Å²) in [6.45, 7) is -0.626. The normalized spacial score (nSPS) is 14.3. The smallest absolute Gasteiger partial charge is 0.328 e. The predicted octanol–water partition coefficient (Wildman–Crippen LogP) is -4.08. The number of nitrogens with one attached hydrogen (secondary N) is 3. The van der Waals surface area contributed by atoms with Crippen LogP contribution >= 0.6 is 0 Å². The van der Waals surface area contributed by atoms with E-state index in [2.05, 4.69) is 5.32 Å². The molecule has 0 saturated carbocycles. The average Bonchev–Trinajstić information content (AvgIpc) is 2.69. The van der Waals surface area contributed by atoms with E-state index in [0.717, 1.165) is 0 Å². The molecule has 0 fully saturated rings. The first-order chi connectivity index (χ1) is 14.9. The topological polar surface area (TPSA) is 271 Å². The summed E-state index contributed by atoms with van der Waals surface area (Å²) in [5, 5.41) is 41.8. The number of carboxylic acids is 3. The van der Waals surface area contributed by atoms with Gasteiger partial charge in [-0.1, -0.05) is 6.42 Å². The van der Waals surface area contributed by atoms with E-state index in [1.807, 2.05) is 10.6 Å². The lowest BCUT2D eigenvalue weighted by Crippen LogP contribution is -2.58. The number of aliphatic hydroxyl groups excluding tert-OH is 1. The van der Waals surface area contributed by atoms with Crippen molar-refractivity contribution in [3.05, 3.63) is 0 Å². The molecule has 0 heterocycles. The summed E-state index contributed by atoms with van der Waals surface area (Å²) < 4.78 is 0. The number of hydrogen-bond donors (Lipinski definition) is 9. The highest BCUT2D eigenvalue weighted by Crippen LogP contribution is 2.03. The fourth-order valence-corrected chi connectivity index (χ4v) is 2.42. The van der Waals surface area contributed by atoms with Crippen LogP contribution in [0.5, 0.6) is 0 Å². The molecule has 0 radical (unpaired) electrons. The van der Waals surface area contributed by atoms with Gasteiger partial charge < -0.3 is 47.8 Å². The second-order valence-electron chi connectivity index (χ2n) is 6.79. The summed E-state index contributed by atoms with van der Waals surface area (Å²) in [6.07, 6.45) is -0.564. The lowest BCUT2D eigenvalue weighted by molar-refractivity contribution is -0.145. The van der Waals surface area contributed by atoms with Crippen LogP contribution in [0.3, 0.4) is 0 Å². The highest BCUT2D eigenvalue weighted by molar-refractivity contribution is 5.96. The highest BCUT2D eigenvalue weighted by Gasteiger charge is 2.32. The molecule has 4 unspecified atom stereocenters. The first-order valence-corrected chi connectivity index (χ1v) is 9.56. The number of amides is 3. The van der Waals surface area contributed by atoms with E-state index >= 15 is 0 Å². The molecule has 0 saturated heterocycles. The van der Waals surface area contributed by atoms with E-state index in [4.69, 9.17) is 31.9 Å². The Morgan fingerprint density at radius 1 is 0.719 bits per heavy atom. The van der Waals surface area contributed by atoms with Crippen LogP contribution < -0.4 is 27.4 Å². The van der Waals surface area contributed by atoms with Crippen molar-refractivity contribution in [1.29, 1.82) is 0 Å². The van der Waals surface area contributed by atoms with Crippen molar-refractivity contribution >= 4 is 35.6 Å². The molecule has 0 aromatic rings. The molecule has 11 N–H and O–H groups in total. The molecule has 0 spiro atoms. The first-order valence-electron chi connectivity index (χ1n) is 9.56. The van der Waals surface area contributed by atoms with Crippen LogP contribution in [-0.2, 0) is 28.8 Å². The number of hydrogen-bond acceptors (Lipinski definition) is 9. The quantitative estimate of drug-likeness (QED) is 0.0988. The van der Waals surface area contributed by atoms with Gasteiger partial charge in [-0.05, 0) is 19.4 Å². The van der Waals surface area contributed by atoms with Crippen molar-refractivity contribution in [3.63, 3.8) is 0 Å². The first kappa shape index (κ1) is 28.7. The van der Waals surface area contributed by atoms with Crippen LogP contribution in [0.2, 0.25) is 0 Å². The van der Waals surface area contributed by atoms with Gasteiger partial charge in [0.15, 0.2) is 0 Å². The zero-order valence-corrected chi connectivity index (χ0v) is 17.2. The maximum Gasteiger partial charge on any atom is 0.328 e. The fourth-order valence-electron chi connectivity index (χ4n) is 2.42. The largest absolute Gasteiger partial charge is 0.481 e. The molecule has 15 heteroatoms. The van der Waals surface area contributed by atoms with Crippen molar-refractivity contribution < 1.29 is 49.2 Å². The Morgan fingerprint density at radius 2 is 1.16 bits per heavy atom. The van der Waals surface area contributed by atoms with Gasteiger partial charge in [0.1, 0.15) is 18.1 Å². The van der Waals surface area contributed by atoms with Gasteiger partial charge in [-0.3, -0.25) is 24.0 Å². The molecule has 0 aliphatic heterocycles. The minimum absolute atomic E-state index is 0.215. The van der Waals surface area contributed by atoms with Gasteiger partial charge in [-0.2, -0.15) is 0 Å². The van der Waals surface area contributed by atoms with E-state index < -0.39 is 79.2 Å². The van der Waals surface area contributed by atoms with E-state index in [1.165, 1.54) is 0 Å². The highest BCUT2D eigenvalue weighted by atomic mass is 16.4. The Morgan fingerprint density at radius 3 is 1.53 bits per heavy atom. The molecule has 0 bridgehead atoms. The van der Waals surface area contributed by atoms with Gasteiger partial charge in [0.25, 0.3) is 0 Å². The summed E-state index contributed by atoms with van der Waals surface area (Å²) in [6, 6.07) is -6.35. The molecule has 0 rings (SSSR count). The Kier molecular flexibility index (Phi) is 13.1. The molecule has 3 amide bonds. The lowest BCUT2D eigenvalue weighted by Gasteiger charge is -2.23. The van der Waals surface area contributed by atoms with Gasteiger partial charge in [0.2, 0.25) is 17.7 Å². The zero-order valence-electron chi connectivity index (χ0n) is 17.2. The summed E-state index contributed by atoms with van der Waals surface area (Å²) >= 11 is 0. The van der Waals surface area contributed by atoms with Crippen LogP contribution in [-0.4, -0.2) is 93.4 Å². The average molecular weight is 463 g/mol. The lowest BCUT2D eigenvalue weighted by atomic mass is 10.1. The zero-order chi connectivity index (χ0) is 24.8. The van der Waals surface area contributed by atoms with E-state index in [9.17, 15) is 28.8 Å². The maximum absolute atomic E-state index is 12.5. The van der Waals surface area contributed by atoms with Crippen LogP contribution in [0.25, 0.3) is 0 Å². The molecule has 15 nitrogen and oxygen atoms in total. The number of carboxylic acid groups (broad SMARTS) is 3. The van der Waals surface area contributed by atoms with Crippen molar-refractivity contribution in [2.45, 2.75) is 56.3 Å². The molecular formula is C17H29N5O10. The van der Waals surface area contributed by atoms with Gasteiger partial charge in [-0.15, -0.1) is 0 Å². The third kappa shape index (κ3) is 11.2. The SMILES string of the molecule is NCCCCC(N)C(=O)NC(CC(=O)O)C(=O)NC(CC(=O)O)C(=O)NC(CO)C(=O)O. The van der Waals surface area contributed by atoms with Crippen molar-refractivity contribution in [2.75, 3.05) is 13.2 Å². The van der Waals surface area contributed by atoms with E-state index in [0.29, 0.717) is 19.4 Å². The molecule has 0 aromatic carbocycles. The number of carbonyl (C=O) groups is 6. The number of carbonyl (C=O) groups excluding carboxylic acids is 3. The van der Waals surface area contributed by atoms with Crippen LogP contribution in [0, 0.1) is 0 Å². The van der Waals surface area contributed by atoms with Crippen LogP contribution in [0.4, 0.5) is 0 Å². The van der Waals surface area contributed by atoms with Gasteiger partial charge in [-0.25, -0.2) is 4.79 Å². The van der Waals surface area contributed by atoms with E-state index in [-0.39, 0.29) is 6.42 Å². The minimum Gasteiger partial charge on any atom is -0.481 e. The van der Waals surface area contributed by atoms with Gasteiger partial charge in [0.05, 0.1) is 25.5 Å². The maximum atomic E-state index is 12.5. The van der Waals surface area contributed by atoms with Crippen molar-refractivity contribution in [2.24, 2.45) is 11.5 Å². The number of aliphatic hydroxyl groups is 1. The predicted molar refractivity (Wildman–Crippen MR) is 106 cm³/mol. The third-order valence-corrected chi connectivity index (χ3v) is 4.13. The second-order valence-corrected chi connectivity index (χ2v) is 6.79. The summed E-state index contributed by atoms with van der Waals surface area (Å²) in [5.41, 5.74) is 11.0. The number of nitrogens with two attached hydrogens (primary N) is 2. The summed E-state index contributed by atoms with van der Waals surface area (Å²) in [4.78, 5) is 70.0. The Labute approximate surface area is 182 Å². The van der Waals surface area contributed by atoms with Crippen LogP contribution in [0.15, 0.2) is 0 Å². The third-order valence-electron chi connectivity index (χ3n) is 4.13. The molecule has 0 aliphatic carbocycles. The fraction of sp³-hybridized carbons (Fsp3) is 0.647. The molecule has 32 heavy (non-hydrogen) atoms. The number of unbranched alkanes of at least 4 members (excludes halogenated alkanes) is 1. The van der Waals surface area contributed by atoms with Gasteiger partial charge >= 0.3 is 17.9 Å². The number of aliphatic carboxylic acids is 3. The minimum atomic E-state index is -1.82. The summed E-state index contributed by atoms with van der Waals surface area (Å²) in [5.74, 6) is -7.92. The van der Waals surface area contributed by atoms with Crippen LogP contribution in [0.1, 0.15) is 32.1 Å². The monoisotopic (exact) mass is 463 g/mol.